The van der Waals surface area contributed by atoms with E-state index < -0.39 is 0 Å². The lowest BCUT2D eigenvalue weighted by molar-refractivity contribution is -0.130. The molecule has 1 aliphatic heterocycles. The molecule has 0 aliphatic carbocycles. The van der Waals surface area contributed by atoms with Crippen LogP contribution < -0.4 is 4.74 Å². The molecule has 2 rings (SSSR count). The quantitative estimate of drug-likeness (QED) is 0.772. The van der Waals surface area contributed by atoms with Gasteiger partial charge in [-0.3, -0.25) is 4.79 Å². The van der Waals surface area contributed by atoms with E-state index in [0.29, 0.717) is 5.88 Å². The summed E-state index contributed by atoms with van der Waals surface area (Å²) < 4.78 is 5.78. The van der Waals surface area contributed by atoms with Crippen LogP contribution in [0, 0.1) is 6.92 Å². The van der Waals surface area contributed by atoms with Gasteiger partial charge in [-0.05, 0) is 6.92 Å². The van der Waals surface area contributed by atoms with Gasteiger partial charge in [0, 0.05) is 44.6 Å². The maximum absolute atomic E-state index is 11.2. The second-order valence-corrected chi connectivity index (χ2v) is 4.32. The van der Waals surface area contributed by atoms with Crippen molar-refractivity contribution in [2.75, 3.05) is 13.1 Å². The third kappa shape index (κ3) is 3.15. The number of carbonyl (C=O) groups is 1. The van der Waals surface area contributed by atoms with Gasteiger partial charge >= 0.3 is 0 Å². The molecule has 1 amide bonds. The second-order valence-electron chi connectivity index (χ2n) is 4.32. The molecule has 1 aliphatic rings. The molecule has 0 N–H and O–H groups in total. The summed E-state index contributed by atoms with van der Waals surface area (Å²) in [7, 11) is 0. The number of carbonyl (C=O) groups excluding carboxylic acids is 1. The third-order valence-electron chi connectivity index (χ3n) is 2.95. The molecule has 0 spiro atoms. The summed E-state index contributed by atoms with van der Waals surface area (Å²) >= 11 is 0. The van der Waals surface area contributed by atoms with Crippen LogP contribution in [0.25, 0.3) is 0 Å². The summed E-state index contributed by atoms with van der Waals surface area (Å²) in [5.41, 5.74) is 0.899. The average molecular weight is 235 g/mol. The van der Waals surface area contributed by atoms with E-state index in [1.54, 1.807) is 6.92 Å². The number of aromatic nitrogens is 2. The van der Waals surface area contributed by atoms with E-state index in [1.165, 1.54) is 6.33 Å². The van der Waals surface area contributed by atoms with Crippen molar-refractivity contribution in [1.82, 2.24) is 14.9 Å². The summed E-state index contributed by atoms with van der Waals surface area (Å²) in [5.74, 6) is 0.764. The number of piperidine rings is 1. The SMILES string of the molecule is CC(=O)N1CCC(Oc2cc(C)ncn2)CC1. The fraction of sp³-hybridized carbons (Fsp3) is 0.583. The zero-order valence-electron chi connectivity index (χ0n) is 10.2. The fourth-order valence-electron chi connectivity index (χ4n) is 1.95. The van der Waals surface area contributed by atoms with E-state index in [-0.39, 0.29) is 12.0 Å². The van der Waals surface area contributed by atoms with E-state index >= 15 is 0 Å². The molecule has 5 nitrogen and oxygen atoms in total. The number of hydrogen-bond donors (Lipinski definition) is 0. The zero-order chi connectivity index (χ0) is 12.3. The van der Waals surface area contributed by atoms with Crippen LogP contribution in [0.5, 0.6) is 5.88 Å². The Hall–Kier alpha value is -1.65. The highest BCUT2D eigenvalue weighted by Crippen LogP contribution is 2.17. The van der Waals surface area contributed by atoms with Gasteiger partial charge in [0.1, 0.15) is 12.4 Å². The summed E-state index contributed by atoms with van der Waals surface area (Å²) in [6, 6.07) is 1.83. The molecule has 0 saturated carbocycles. The topological polar surface area (TPSA) is 55.3 Å². The van der Waals surface area contributed by atoms with E-state index in [0.717, 1.165) is 31.6 Å². The molecule has 0 radical (unpaired) electrons. The smallest absolute Gasteiger partial charge is 0.219 e. The summed E-state index contributed by atoms with van der Waals surface area (Å²) in [6.07, 6.45) is 3.39. The number of hydrogen-bond acceptors (Lipinski definition) is 4. The molecule has 2 heterocycles. The molecular formula is C12H17N3O2. The summed E-state index contributed by atoms with van der Waals surface area (Å²) in [6.45, 7) is 5.05. The lowest BCUT2D eigenvalue weighted by atomic mass is 10.1. The zero-order valence-corrected chi connectivity index (χ0v) is 10.2. The Balaban J connectivity index is 1.88. The van der Waals surface area contributed by atoms with Crippen LogP contribution in [-0.4, -0.2) is 40.0 Å². The maximum atomic E-state index is 11.2. The molecule has 0 atom stereocenters. The molecule has 1 aromatic rings. The Kier molecular flexibility index (Phi) is 3.56. The highest BCUT2D eigenvalue weighted by Gasteiger charge is 2.22. The molecule has 1 fully saturated rings. The molecule has 0 aromatic carbocycles. The highest BCUT2D eigenvalue weighted by atomic mass is 16.5. The van der Waals surface area contributed by atoms with Gasteiger partial charge in [-0.25, -0.2) is 9.97 Å². The van der Waals surface area contributed by atoms with Gasteiger partial charge in [0.05, 0.1) is 0 Å². The van der Waals surface area contributed by atoms with E-state index in [1.807, 2.05) is 17.9 Å². The van der Waals surface area contributed by atoms with Crippen LogP contribution in [0.15, 0.2) is 12.4 Å². The number of rotatable bonds is 2. The molecule has 17 heavy (non-hydrogen) atoms. The van der Waals surface area contributed by atoms with Crippen molar-refractivity contribution in [2.45, 2.75) is 32.8 Å². The molecule has 92 valence electrons. The first-order valence-electron chi connectivity index (χ1n) is 5.86. The molecular weight excluding hydrogens is 218 g/mol. The van der Waals surface area contributed by atoms with Crippen LogP contribution in [0.1, 0.15) is 25.5 Å². The van der Waals surface area contributed by atoms with Gasteiger partial charge in [-0.2, -0.15) is 0 Å². The maximum Gasteiger partial charge on any atom is 0.219 e. The van der Waals surface area contributed by atoms with Crippen LogP contribution >= 0.6 is 0 Å². The van der Waals surface area contributed by atoms with Crippen LogP contribution in [-0.2, 0) is 4.79 Å². The Morgan fingerprint density at radius 3 is 2.71 bits per heavy atom. The van der Waals surface area contributed by atoms with E-state index in [9.17, 15) is 4.79 Å². The van der Waals surface area contributed by atoms with E-state index in [2.05, 4.69) is 9.97 Å². The summed E-state index contributed by atoms with van der Waals surface area (Å²) in [5, 5.41) is 0. The fourth-order valence-corrected chi connectivity index (χ4v) is 1.95. The largest absolute Gasteiger partial charge is 0.474 e. The first-order chi connectivity index (χ1) is 8.15. The minimum Gasteiger partial charge on any atom is -0.474 e. The van der Waals surface area contributed by atoms with Crippen molar-refractivity contribution in [3.05, 3.63) is 18.1 Å². The number of nitrogens with zero attached hydrogens (tertiary/aromatic N) is 3. The number of amides is 1. The minimum atomic E-state index is 0.140. The predicted molar refractivity (Wildman–Crippen MR) is 62.7 cm³/mol. The molecule has 1 saturated heterocycles. The Morgan fingerprint density at radius 2 is 2.12 bits per heavy atom. The molecule has 0 unspecified atom stereocenters. The van der Waals surface area contributed by atoms with Crippen LogP contribution in [0.3, 0.4) is 0 Å². The number of aryl methyl sites for hydroxylation is 1. The van der Waals surface area contributed by atoms with Crippen LogP contribution in [0.2, 0.25) is 0 Å². The molecule has 0 bridgehead atoms. The van der Waals surface area contributed by atoms with Gasteiger partial charge < -0.3 is 9.64 Å². The summed E-state index contributed by atoms with van der Waals surface area (Å²) in [4.78, 5) is 21.1. The van der Waals surface area contributed by atoms with Crippen molar-refractivity contribution in [2.24, 2.45) is 0 Å². The Labute approximate surface area is 101 Å². The normalized spacial score (nSPS) is 16.9. The molecule has 5 heteroatoms. The van der Waals surface area contributed by atoms with Crippen molar-refractivity contribution in [3.63, 3.8) is 0 Å². The lowest BCUT2D eigenvalue weighted by Crippen LogP contribution is -2.40. The average Bonchev–Trinajstić information content (AvgIpc) is 2.29. The Bertz CT molecular complexity index is 400. The lowest BCUT2D eigenvalue weighted by Gasteiger charge is -2.31. The standard InChI is InChI=1S/C12H17N3O2/c1-9-7-12(14-8-13-9)17-11-3-5-15(6-4-11)10(2)16/h7-8,11H,3-6H2,1-2H3. The Morgan fingerprint density at radius 1 is 1.41 bits per heavy atom. The van der Waals surface area contributed by atoms with Crippen LogP contribution in [0.4, 0.5) is 0 Å². The predicted octanol–water partition coefficient (Wildman–Crippen LogP) is 1.17. The first-order valence-corrected chi connectivity index (χ1v) is 5.86. The van der Waals surface area contributed by atoms with Gasteiger partial charge in [0.25, 0.3) is 0 Å². The minimum absolute atomic E-state index is 0.140. The second kappa shape index (κ2) is 5.12. The van der Waals surface area contributed by atoms with Crippen molar-refractivity contribution in [1.29, 1.82) is 0 Å². The number of likely N-dealkylation sites (tertiary alicyclic amines) is 1. The van der Waals surface area contributed by atoms with Gasteiger partial charge in [-0.1, -0.05) is 0 Å². The van der Waals surface area contributed by atoms with Crippen molar-refractivity contribution < 1.29 is 9.53 Å². The number of ether oxygens (including phenoxy) is 1. The monoisotopic (exact) mass is 235 g/mol. The van der Waals surface area contributed by atoms with Gasteiger partial charge in [-0.15, -0.1) is 0 Å². The van der Waals surface area contributed by atoms with Crippen molar-refractivity contribution in [3.8, 4) is 5.88 Å². The molecule has 1 aromatic heterocycles. The highest BCUT2D eigenvalue weighted by molar-refractivity contribution is 5.73. The third-order valence-corrected chi connectivity index (χ3v) is 2.95. The van der Waals surface area contributed by atoms with E-state index in [4.69, 9.17) is 4.74 Å². The first kappa shape index (κ1) is 11.8. The van der Waals surface area contributed by atoms with Crippen molar-refractivity contribution >= 4 is 5.91 Å². The van der Waals surface area contributed by atoms with Gasteiger partial charge in [0.2, 0.25) is 11.8 Å². The van der Waals surface area contributed by atoms with Gasteiger partial charge in [0.15, 0.2) is 0 Å².